The summed E-state index contributed by atoms with van der Waals surface area (Å²) in [7, 11) is 0. The van der Waals surface area contributed by atoms with Gasteiger partial charge in [0.05, 0.1) is 0 Å². The van der Waals surface area contributed by atoms with Crippen LogP contribution in [0.3, 0.4) is 0 Å². The first-order valence-corrected chi connectivity index (χ1v) is 9.18. The van der Waals surface area contributed by atoms with E-state index in [2.05, 4.69) is 15.8 Å². The van der Waals surface area contributed by atoms with Crippen LogP contribution in [0.25, 0.3) is 22.0 Å². The van der Waals surface area contributed by atoms with E-state index >= 15 is 0 Å². The van der Waals surface area contributed by atoms with Crippen LogP contribution < -0.4 is 10.9 Å². The van der Waals surface area contributed by atoms with E-state index in [0.717, 1.165) is 22.0 Å². The molecular weight excluding hydrogens is 374 g/mol. The first-order valence-electron chi connectivity index (χ1n) is 8.80. The predicted molar refractivity (Wildman–Crippen MR) is 111 cm³/mol. The number of halogens is 1. The van der Waals surface area contributed by atoms with E-state index in [0.29, 0.717) is 22.8 Å². The minimum Gasteiger partial charge on any atom is -0.508 e. The second-order valence-electron chi connectivity index (χ2n) is 6.37. The number of nitrogens with one attached hydrogen (secondary N) is 3. The highest BCUT2D eigenvalue weighted by atomic mass is 35.5. The zero-order valence-corrected chi connectivity index (χ0v) is 15.6. The van der Waals surface area contributed by atoms with Gasteiger partial charge in [0.2, 0.25) is 0 Å². The Morgan fingerprint density at radius 1 is 1.00 bits per heavy atom. The van der Waals surface area contributed by atoms with Gasteiger partial charge >= 0.3 is 0 Å². The molecule has 0 saturated carbocycles. The number of amides is 1. The summed E-state index contributed by atoms with van der Waals surface area (Å²) < 4.78 is 0. The Balaban J connectivity index is 1.64. The van der Waals surface area contributed by atoms with Gasteiger partial charge in [-0.3, -0.25) is 10.2 Å². The van der Waals surface area contributed by atoms with Crippen molar-refractivity contribution in [1.29, 1.82) is 0 Å². The Kier molecular flexibility index (Phi) is 5.02. The van der Waals surface area contributed by atoms with Crippen LogP contribution in [-0.4, -0.2) is 16.0 Å². The summed E-state index contributed by atoms with van der Waals surface area (Å²) in [6, 6.07) is 22.2. The zero-order valence-electron chi connectivity index (χ0n) is 14.9. The summed E-state index contributed by atoms with van der Waals surface area (Å²) in [5.41, 5.74) is 9.23. The third-order valence-corrected chi connectivity index (χ3v) is 4.76. The quantitative estimate of drug-likeness (QED) is 0.375. The summed E-state index contributed by atoms with van der Waals surface area (Å²) >= 11 is 6.18. The molecule has 0 atom stereocenters. The second-order valence-corrected chi connectivity index (χ2v) is 6.80. The number of aromatic hydroxyl groups is 1. The molecule has 6 heteroatoms. The van der Waals surface area contributed by atoms with Gasteiger partial charge in [-0.05, 0) is 29.8 Å². The van der Waals surface area contributed by atoms with E-state index in [9.17, 15) is 9.90 Å². The van der Waals surface area contributed by atoms with E-state index in [-0.39, 0.29) is 11.7 Å². The molecule has 4 rings (SSSR count). The lowest BCUT2D eigenvalue weighted by atomic mass is 10.0. The van der Waals surface area contributed by atoms with Crippen molar-refractivity contribution in [3.05, 3.63) is 89.1 Å². The molecule has 140 valence electrons. The molecular formula is C22H18ClN3O2. The van der Waals surface area contributed by atoms with Gasteiger partial charge in [-0.1, -0.05) is 60.1 Å². The fourth-order valence-corrected chi connectivity index (χ4v) is 3.35. The SMILES string of the molecule is O=C(NNCc1ccccc1O)c1[nH]c2ccc(Cl)cc2c1-c1ccccc1. The first-order chi connectivity index (χ1) is 13.6. The van der Waals surface area contributed by atoms with Crippen molar-refractivity contribution in [2.24, 2.45) is 0 Å². The molecule has 0 saturated heterocycles. The van der Waals surface area contributed by atoms with Crippen molar-refractivity contribution in [1.82, 2.24) is 15.8 Å². The first kappa shape index (κ1) is 18.1. The number of phenols is 1. The molecule has 0 radical (unpaired) electrons. The third kappa shape index (κ3) is 3.58. The van der Waals surface area contributed by atoms with Crippen LogP contribution in [0.1, 0.15) is 16.1 Å². The number of hydrogen-bond acceptors (Lipinski definition) is 3. The van der Waals surface area contributed by atoms with E-state index in [1.165, 1.54) is 0 Å². The maximum Gasteiger partial charge on any atom is 0.282 e. The Morgan fingerprint density at radius 2 is 1.75 bits per heavy atom. The maximum atomic E-state index is 12.9. The lowest BCUT2D eigenvalue weighted by Crippen LogP contribution is -2.37. The number of hydrazine groups is 1. The van der Waals surface area contributed by atoms with E-state index in [1.54, 1.807) is 24.3 Å². The van der Waals surface area contributed by atoms with Crippen molar-refractivity contribution >= 4 is 28.4 Å². The number of benzene rings is 3. The molecule has 5 nitrogen and oxygen atoms in total. The summed E-state index contributed by atoms with van der Waals surface area (Å²) in [6.45, 7) is 0.297. The number of phenolic OH excluding ortho intramolecular Hbond substituents is 1. The van der Waals surface area contributed by atoms with Gasteiger partial charge in [-0.25, -0.2) is 5.43 Å². The van der Waals surface area contributed by atoms with E-state index < -0.39 is 0 Å². The summed E-state index contributed by atoms with van der Waals surface area (Å²) in [4.78, 5) is 16.1. The van der Waals surface area contributed by atoms with Gasteiger partial charge in [-0.2, -0.15) is 0 Å². The van der Waals surface area contributed by atoms with Crippen molar-refractivity contribution in [3.8, 4) is 16.9 Å². The molecule has 4 N–H and O–H groups in total. The van der Waals surface area contributed by atoms with E-state index in [1.807, 2.05) is 48.5 Å². The smallest absolute Gasteiger partial charge is 0.282 e. The molecule has 0 aliphatic rings. The predicted octanol–water partition coefficient (Wildman–Crippen LogP) is 4.63. The fraction of sp³-hybridized carbons (Fsp3) is 0.0455. The van der Waals surface area contributed by atoms with Crippen LogP contribution in [0.2, 0.25) is 5.02 Å². The molecule has 28 heavy (non-hydrogen) atoms. The summed E-state index contributed by atoms with van der Waals surface area (Å²) in [5.74, 6) is -0.129. The van der Waals surface area contributed by atoms with Gasteiger partial charge in [0.25, 0.3) is 5.91 Å². The Labute approximate surface area is 166 Å². The molecule has 0 aliphatic heterocycles. The van der Waals surface area contributed by atoms with Crippen molar-refractivity contribution < 1.29 is 9.90 Å². The number of H-pyrrole nitrogens is 1. The number of carbonyl (C=O) groups excluding carboxylic acids is 1. The summed E-state index contributed by atoms with van der Waals surface area (Å²) in [6.07, 6.45) is 0. The molecule has 0 fully saturated rings. The number of carbonyl (C=O) groups is 1. The highest BCUT2D eigenvalue weighted by molar-refractivity contribution is 6.31. The van der Waals surface area contributed by atoms with Gasteiger partial charge in [0.1, 0.15) is 11.4 Å². The standard InChI is InChI=1S/C22H18ClN3O2/c23-16-10-11-18-17(12-16)20(14-6-2-1-3-7-14)21(25-18)22(28)26-24-13-15-8-4-5-9-19(15)27/h1-12,24-25,27H,13H2,(H,26,28). The van der Waals surface area contributed by atoms with Crippen molar-refractivity contribution in [2.75, 3.05) is 0 Å². The van der Waals surface area contributed by atoms with Gasteiger partial charge in [-0.15, -0.1) is 0 Å². The molecule has 0 spiro atoms. The minimum absolute atomic E-state index is 0.175. The second kappa shape index (κ2) is 7.76. The number of rotatable bonds is 5. The fourth-order valence-electron chi connectivity index (χ4n) is 3.18. The average molecular weight is 392 g/mol. The zero-order chi connectivity index (χ0) is 19.5. The molecule has 0 unspecified atom stereocenters. The molecule has 3 aromatic carbocycles. The lowest BCUT2D eigenvalue weighted by molar-refractivity contribution is 0.0928. The normalized spacial score (nSPS) is 10.9. The molecule has 1 heterocycles. The Bertz CT molecular complexity index is 1140. The van der Waals surface area contributed by atoms with Gasteiger partial charge < -0.3 is 10.1 Å². The van der Waals surface area contributed by atoms with Crippen LogP contribution >= 0.6 is 11.6 Å². The average Bonchev–Trinajstić information content (AvgIpc) is 3.08. The number of fused-ring (bicyclic) bond motifs is 1. The molecule has 0 aliphatic carbocycles. The third-order valence-electron chi connectivity index (χ3n) is 4.52. The Morgan fingerprint density at radius 3 is 2.54 bits per heavy atom. The molecule has 1 aromatic heterocycles. The van der Waals surface area contributed by atoms with Crippen molar-refractivity contribution in [2.45, 2.75) is 6.54 Å². The van der Waals surface area contributed by atoms with Gasteiger partial charge in [0.15, 0.2) is 0 Å². The molecule has 4 aromatic rings. The monoisotopic (exact) mass is 391 g/mol. The van der Waals surface area contributed by atoms with Crippen LogP contribution in [-0.2, 0) is 6.54 Å². The largest absolute Gasteiger partial charge is 0.508 e. The topological polar surface area (TPSA) is 77.2 Å². The summed E-state index contributed by atoms with van der Waals surface area (Å²) in [5, 5.41) is 11.3. The maximum absolute atomic E-state index is 12.9. The van der Waals surface area contributed by atoms with Crippen LogP contribution in [0, 0.1) is 0 Å². The molecule has 1 amide bonds. The molecule has 0 bridgehead atoms. The number of hydrogen-bond donors (Lipinski definition) is 4. The highest BCUT2D eigenvalue weighted by Crippen LogP contribution is 2.34. The van der Waals surface area contributed by atoms with Crippen LogP contribution in [0.5, 0.6) is 5.75 Å². The lowest BCUT2D eigenvalue weighted by Gasteiger charge is -2.09. The highest BCUT2D eigenvalue weighted by Gasteiger charge is 2.19. The number of para-hydroxylation sites is 1. The van der Waals surface area contributed by atoms with Gasteiger partial charge in [0, 0.05) is 33.6 Å². The van der Waals surface area contributed by atoms with Crippen molar-refractivity contribution in [3.63, 3.8) is 0 Å². The van der Waals surface area contributed by atoms with Crippen LogP contribution in [0.15, 0.2) is 72.8 Å². The number of aromatic amines is 1. The Hall–Kier alpha value is -3.28. The number of aromatic nitrogens is 1. The van der Waals surface area contributed by atoms with Crippen LogP contribution in [0.4, 0.5) is 0 Å². The van der Waals surface area contributed by atoms with E-state index in [4.69, 9.17) is 11.6 Å². The minimum atomic E-state index is -0.304.